The Morgan fingerprint density at radius 1 is 1.05 bits per heavy atom. The van der Waals surface area contributed by atoms with Crippen molar-refractivity contribution in [3.63, 3.8) is 0 Å². The number of nitrogens with one attached hydrogen (secondary N) is 1. The summed E-state index contributed by atoms with van der Waals surface area (Å²) in [6.07, 6.45) is 0. The number of halogens is 1. The average molecular weight is 324 g/mol. The lowest BCUT2D eigenvalue weighted by molar-refractivity contribution is 0.365. The Labute approximate surface area is 119 Å². The van der Waals surface area contributed by atoms with Crippen molar-refractivity contribution in [2.45, 2.75) is 13.5 Å². The Kier molecular flexibility index (Phi) is 3.85. The third kappa shape index (κ3) is 2.76. The molecule has 100 valence electrons. The van der Waals surface area contributed by atoms with Crippen LogP contribution in [0.3, 0.4) is 0 Å². The molecule has 5 heteroatoms. The molecule has 4 nitrogen and oxygen atoms in total. The van der Waals surface area contributed by atoms with Gasteiger partial charge in [-0.25, -0.2) is 0 Å². The van der Waals surface area contributed by atoms with Gasteiger partial charge in [0, 0.05) is 22.3 Å². The number of anilines is 1. The molecule has 0 heterocycles. The summed E-state index contributed by atoms with van der Waals surface area (Å²) in [4.78, 5) is 0. The fraction of sp³-hybridized carbons (Fsp3) is 0.143. The highest BCUT2D eigenvalue weighted by atomic mass is 79.9. The van der Waals surface area contributed by atoms with E-state index in [4.69, 9.17) is 0 Å². The second kappa shape index (κ2) is 5.40. The zero-order valence-electron chi connectivity index (χ0n) is 10.3. The SMILES string of the molecule is Cc1cccc(NCc2ccc(O)c(O)c2O)c1Br. The number of phenolic OH excluding ortho intramolecular Hbond substituents is 3. The minimum absolute atomic E-state index is 0.309. The number of hydrogen-bond donors (Lipinski definition) is 4. The van der Waals surface area contributed by atoms with Crippen LogP contribution in [0.15, 0.2) is 34.8 Å². The molecular formula is C14H14BrNO3. The largest absolute Gasteiger partial charge is 0.504 e. The van der Waals surface area contributed by atoms with Crippen LogP contribution in [0, 0.1) is 6.92 Å². The molecule has 0 atom stereocenters. The first-order valence-electron chi connectivity index (χ1n) is 5.72. The van der Waals surface area contributed by atoms with Gasteiger partial charge >= 0.3 is 0 Å². The summed E-state index contributed by atoms with van der Waals surface area (Å²) >= 11 is 3.48. The third-order valence-electron chi connectivity index (χ3n) is 2.87. The maximum atomic E-state index is 9.72. The summed E-state index contributed by atoms with van der Waals surface area (Å²) in [7, 11) is 0. The van der Waals surface area contributed by atoms with E-state index in [2.05, 4.69) is 21.2 Å². The molecule has 0 aliphatic heterocycles. The van der Waals surface area contributed by atoms with E-state index in [1.807, 2.05) is 25.1 Å². The number of aryl methyl sites for hydroxylation is 1. The Hall–Kier alpha value is -1.88. The van der Waals surface area contributed by atoms with Gasteiger partial charge < -0.3 is 20.6 Å². The van der Waals surface area contributed by atoms with Gasteiger partial charge in [0.2, 0.25) is 5.75 Å². The minimum Gasteiger partial charge on any atom is -0.504 e. The molecule has 0 saturated heterocycles. The van der Waals surface area contributed by atoms with E-state index in [1.165, 1.54) is 6.07 Å². The molecule has 0 aliphatic rings. The lowest BCUT2D eigenvalue weighted by Gasteiger charge is -2.12. The molecule has 2 rings (SSSR count). The first kappa shape index (κ1) is 13.5. The van der Waals surface area contributed by atoms with Crippen LogP contribution in [-0.2, 0) is 6.54 Å². The zero-order valence-corrected chi connectivity index (χ0v) is 11.9. The summed E-state index contributed by atoms with van der Waals surface area (Å²) in [5, 5.41) is 31.6. The van der Waals surface area contributed by atoms with Gasteiger partial charge in [-0.1, -0.05) is 12.1 Å². The molecule has 0 aliphatic carbocycles. The second-order valence-electron chi connectivity index (χ2n) is 4.23. The quantitative estimate of drug-likeness (QED) is 0.652. The van der Waals surface area contributed by atoms with Gasteiger partial charge in [-0.15, -0.1) is 0 Å². The zero-order chi connectivity index (χ0) is 14.0. The molecule has 0 amide bonds. The predicted octanol–water partition coefficient (Wildman–Crippen LogP) is 3.49. The van der Waals surface area contributed by atoms with Crippen molar-refractivity contribution in [3.8, 4) is 17.2 Å². The van der Waals surface area contributed by atoms with E-state index in [-0.39, 0.29) is 11.5 Å². The fourth-order valence-electron chi connectivity index (χ4n) is 1.73. The smallest absolute Gasteiger partial charge is 0.200 e. The normalized spacial score (nSPS) is 10.4. The molecule has 0 unspecified atom stereocenters. The maximum absolute atomic E-state index is 9.72. The highest BCUT2D eigenvalue weighted by molar-refractivity contribution is 9.10. The van der Waals surface area contributed by atoms with Gasteiger partial charge in [-0.3, -0.25) is 0 Å². The van der Waals surface area contributed by atoms with Crippen LogP contribution in [0.5, 0.6) is 17.2 Å². The van der Waals surface area contributed by atoms with E-state index in [0.29, 0.717) is 12.1 Å². The molecule has 2 aromatic carbocycles. The topological polar surface area (TPSA) is 72.7 Å². The molecule has 2 aromatic rings. The molecule has 4 N–H and O–H groups in total. The highest BCUT2D eigenvalue weighted by Gasteiger charge is 2.11. The van der Waals surface area contributed by atoms with E-state index >= 15 is 0 Å². The molecule has 0 bridgehead atoms. The second-order valence-corrected chi connectivity index (χ2v) is 5.02. The van der Waals surface area contributed by atoms with Crippen molar-refractivity contribution in [2.24, 2.45) is 0 Å². The summed E-state index contributed by atoms with van der Waals surface area (Å²) in [5.41, 5.74) is 2.50. The number of phenols is 3. The number of benzene rings is 2. The summed E-state index contributed by atoms with van der Waals surface area (Å²) in [5.74, 6) is -1.14. The van der Waals surface area contributed by atoms with Gasteiger partial charge in [0.15, 0.2) is 11.5 Å². The average Bonchev–Trinajstić information content (AvgIpc) is 2.40. The van der Waals surface area contributed by atoms with Crippen LogP contribution in [0.4, 0.5) is 5.69 Å². The van der Waals surface area contributed by atoms with Crippen LogP contribution >= 0.6 is 15.9 Å². The number of hydrogen-bond acceptors (Lipinski definition) is 4. The minimum atomic E-state index is -0.498. The van der Waals surface area contributed by atoms with E-state index in [9.17, 15) is 15.3 Å². The van der Waals surface area contributed by atoms with Crippen molar-refractivity contribution in [3.05, 3.63) is 45.9 Å². The summed E-state index contributed by atoms with van der Waals surface area (Å²) in [6, 6.07) is 8.72. The first-order valence-corrected chi connectivity index (χ1v) is 6.51. The van der Waals surface area contributed by atoms with Gasteiger partial charge in [-0.2, -0.15) is 0 Å². The van der Waals surface area contributed by atoms with Crippen molar-refractivity contribution in [1.82, 2.24) is 0 Å². The van der Waals surface area contributed by atoms with Crippen LogP contribution < -0.4 is 5.32 Å². The molecule has 0 saturated carbocycles. The van der Waals surface area contributed by atoms with E-state index in [0.717, 1.165) is 15.7 Å². The molecule has 19 heavy (non-hydrogen) atoms. The predicted molar refractivity (Wildman–Crippen MR) is 77.6 cm³/mol. The van der Waals surface area contributed by atoms with Crippen molar-refractivity contribution in [1.29, 1.82) is 0 Å². The van der Waals surface area contributed by atoms with Gasteiger partial charge in [0.25, 0.3) is 0 Å². The monoisotopic (exact) mass is 323 g/mol. The van der Waals surface area contributed by atoms with Crippen LogP contribution in [0.2, 0.25) is 0 Å². The standard InChI is InChI=1S/C14H14BrNO3/c1-8-3-2-4-10(12(8)15)16-7-9-5-6-11(17)14(19)13(9)18/h2-6,16-19H,7H2,1H3. The summed E-state index contributed by atoms with van der Waals surface area (Å²) < 4.78 is 0.956. The van der Waals surface area contributed by atoms with Crippen LogP contribution in [-0.4, -0.2) is 15.3 Å². The lowest BCUT2D eigenvalue weighted by atomic mass is 10.1. The Bertz CT molecular complexity index is 614. The highest BCUT2D eigenvalue weighted by Crippen LogP contribution is 2.37. The molecule has 0 fully saturated rings. The molecule has 0 spiro atoms. The lowest BCUT2D eigenvalue weighted by Crippen LogP contribution is -2.01. The number of rotatable bonds is 3. The van der Waals surface area contributed by atoms with E-state index < -0.39 is 5.75 Å². The molecule has 0 radical (unpaired) electrons. The van der Waals surface area contributed by atoms with Crippen LogP contribution in [0.25, 0.3) is 0 Å². The van der Waals surface area contributed by atoms with Crippen LogP contribution in [0.1, 0.15) is 11.1 Å². The van der Waals surface area contributed by atoms with Crippen molar-refractivity contribution in [2.75, 3.05) is 5.32 Å². The van der Waals surface area contributed by atoms with Gasteiger partial charge in [0.1, 0.15) is 0 Å². The van der Waals surface area contributed by atoms with Crippen molar-refractivity contribution < 1.29 is 15.3 Å². The van der Waals surface area contributed by atoms with Gasteiger partial charge in [-0.05, 0) is 46.6 Å². The third-order valence-corrected chi connectivity index (χ3v) is 3.93. The number of aromatic hydroxyl groups is 3. The Morgan fingerprint density at radius 2 is 1.79 bits per heavy atom. The molecule has 0 aromatic heterocycles. The summed E-state index contributed by atoms with van der Waals surface area (Å²) in [6.45, 7) is 2.32. The van der Waals surface area contributed by atoms with Crippen molar-refractivity contribution >= 4 is 21.6 Å². The fourth-order valence-corrected chi connectivity index (χ4v) is 2.13. The van der Waals surface area contributed by atoms with Gasteiger partial charge in [0.05, 0.1) is 0 Å². The Balaban J connectivity index is 2.20. The Morgan fingerprint density at radius 3 is 2.53 bits per heavy atom. The first-order chi connectivity index (χ1) is 9.00. The van der Waals surface area contributed by atoms with E-state index in [1.54, 1.807) is 6.07 Å². The maximum Gasteiger partial charge on any atom is 0.200 e. The molecular weight excluding hydrogens is 310 g/mol.